The van der Waals surface area contributed by atoms with Gasteiger partial charge in [-0.25, -0.2) is 0 Å². The van der Waals surface area contributed by atoms with Crippen LogP contribution >= 0.6 is 0 Å². The predicted molar refractivity (Wildman–Crippen MR) is 75.7 cm³/mol. The lowest BCUT2D eigenvalue weighted by molar-refractivity contribution is -0.136. The van der Waals surface area contributed by atoms with Gasteiger partial charge in [0.05, 0.1) is 23.9 Å². The van der Waals surface area contributed by atoms with E-state index in [1.54, 1.807) is 24.3 Å². The second-order valence-corrected chi connectivity index (χ2v) is 6.04. The minimum absolute atomic E-state index is 0.0645. The molecule has 1 aliphatic carbocycles. The Bertz CT molecular complexity index is 583. The van der Waals surface area contributed by atoms with E-state index in [-0.39, 0.29) is 30.1 Å². The molecule has 0 radical (unpaired) electrons. The number of rotatable bonds is 3. The van der Waals surface area contributed by atoms with Gasteiger partial charge in [0.1, 0.15) is 0 Å². The summed E-state index contributed by atoms with van der Waals surface area (Å²) in [4.78, 5) is 36.8. The van der Waals surface area contributed by atoms with Crippen molar-refractivity contribution in [3.63, 3.8) is 0 Å². The third-order valence-corrected chi connectivity index (χ3v) is 4.42. The SMILES string of the molecule is CC1CC2C(=O)N(c3ccc(CC(=O)O)cc3)C(=O)C2C1. The summed E-state index contributed by atoms with van der Waals surface area (Å²) in [6.45, 7) is 2.07. The molecule has 1 aromatic rings. The van der Waals surface area contributed by atoms with Crippen molar-refractivity contribution in [2.24, 2.45) is 17.8 Å². The van der Waals surface area contributed by atoms with Crippen molar-refractivity contribution in [1.82, 2.24) is 0 Å². The molecule has 3 rings (SSSR count). The average molecular weight is 287 g/mol. The Morgan fingerprint density at radius 3 is 2.14 bits per heavy atom. The molecule has 2 aliphatic rings. The second-order valence-electron chi connectivity index (χ2n) is 6.04. The first-order valence-corrected chi connectivity index (χ1v) is 7.16. The van der Waals surface area contributed by atoms with Crippen molar-refractivity contribution >= 4 is 23.5 Å². The number of imide groups is 1. The molecule has 1 heterocycles. The number of amides is 2. The number of carbonyl (C=O) groups excluding carboxylic acids is 2. The lowest BCUT2D eigenvalue weighted by Crippen LogP contribution is -2.32. The Morgan fingerprint density at radius 1 is 1.14 bits per heavy atom. The maximum Gasteiger partial charge on any atom is 0.307 e. The zero-order valence-electron chi connectivity index (χ0n) is 11.8. The number of benzene rings is 1. The Labute approximate surface area is 122 Å². The van der Waals surface area contributed by atoms with Gasteiger partial charge in [0, 0.05) is 0 Å². The fourth-order valence-electron chi connectivity index (χ4n) is 3.47. The fourth-order valence-corrected chi connectivity index (χ4v) is 3.47. The van der Waals surface area contributed by atoms with Crippen molar-refractivity contribution in [3.05, 3.63) is 29.8 Å². The van der Waals surface area contributed by atoms with E-state index in [9.17, 15) is 14.4 Å². The number of hydrogen-bond acceptors (Lipinski definition) is 3. The minimum atomic E-state index is -0.903. The van der Waals surface area contributed by atoms with Crippen molar-refractivity contribution in [1.29, 1.82) is 0 Å². The zero-order chi connectivity index (χ0) is 15.1. The Hall–Kier alpha value is -2.17. The van der Waals surface area contributed by atoms with Crippen LogP contribution < -0.4 is 4.90 Å². The molecule has 2 atom stereocenters. The molecular formula is C16H17NO4. The summed E-state index contributed by atoms with van der Waals surface area (Å²) in [6, 6.07) is 6.61. The number of carboxylic acid groups (broad SMARTS) is 1. The number of anilines is 1. The maximum atomic E-state index is 12.4. The van der Waals surface area contributed by atoms with Gasteiger partial charge in [-0.1, -0.05) is 19.1 Å². The first kappa shape index (κ1) is 13.8. The third-order valence-electron chi connectivity index (χ3n) is 4.42. The summed E-state index contributed by atoms with van der Waals surface area (Å²) in [5, 5.41) is 8.75. The topological polar surface area (TPSA) is 74.7 Å². The summed E-state index contributed by atoms with van der Waals surface area (Å²) in [5.74, 6) is -1.05. The number of aliphatic carboxylic acids is 1. The highest BCUT2D eigenvalue weighted by Crippen LogP contribution is 2.44. The monoisotopic (exact) mass is 287 g/mol. The fraction of sp³-hybridized carbons (Fsp3) is 0.438. The van der Waals surface area contributed by atoms with Crippen molar-refractivity contribution < 1.29 is 19.5 Å². The van der Waals surface area contributed by atoms with Crippen LogP contribution in [0.2, 0.25) is 0 Å². The summed E-state index contributed by atoms with van der Waals surface area (Å²) in [5.41, 5.74) is 1.19. The molecule has 1 aliphatic heterocycles. The van der Waals surface area contributed by atoms with Crippen LogP contribution in [0.5, 0.6) is 0 Å². The first-order valence-electron chi connectivity index (χ1n) is 7.16. The van der Waals surface area contributed by atoms with Gasteiger partial charge in [-0.15, -0.1) is 0 Å². The predicted octanol–water partition coefficient (Wildman–Crippen LogP) is 1.85. The summed E-state index contributed by atoms with van der Waals surface area (Å²) >= 11 is 0. The van der Waals surface area contributed by atoms with E-state index in [0.29, 0.717) is 17.2 Å². The van der Waals surface area contributed by atoms with Crippen molar-refractivity contribution in [3.8, 4) is 0 Å². The van der Waals surface area contributed by atoms with Gasteiger partial charge in [0.25, 0.3) is 0 Å². The molecule has 2 unspecified atom stereocenters. The zero-order valence-corrected chi connectivity index (χ0v) is 11.8. The van der Waals surface area contributed by atoms with E-state index in [4.69, 9.17) is 5.11 Å². The van der Waals surface area contributed by atoms with E-state index in [2.05, 4.69) is 6.92 Å². The largest absolute Gasteiger partial charge is 0.481 e. The van der Waals surface area contributed by atoms with Gasteiger partial charge in [-0.05, 0) is 36.5 Å². The number of carboxylic acids is 1. The number of hydrogen-bond donors (Lipinski definition) is 1. The van der Waals surface area contributed by atoms with E-state index in [1.165, 1.54) is 4.90 Å². The summed E-state index contributed by atoms with van der Waals surface area (Å²) < 4.78 is 0. The highest BCUT2D eigenvalue weighted by Gasteiger charge is 2.52. The Morgan fingerprint density at radius 2 is 1.67 bits per heavy atom. The Kier molecular flexibility index (Phi) is 3.27. The van der Waals surface area contributed by atoms with Crippen LogP contribution in [0.4, 0.5) is 5.69 Å². The van der Waals surface area contributed by atoms with E-state index >= 15 is 0 Å². The highest BCUT2D eigenvalue weighted by atomic mass is 16.4. The molecule has 5 heteroatoms. The molecule has 1 aromatic carbocycles. The van der Waals surface area contributed by atoms with Crippen LogP contribution in [0.1, 0.15) is 25.3 Å². The minimum Gasteiger partial charge on any atom is -0.481 e. The molecule has 5 nitrogen and oxygen atoms in total. The van der Waals surface area contributed by atoms with Crippen LogP contribution in [0.3, 0.4) is 0 Å². The molecule has 110 valence electrons. The molecule has 21 heavy (non-hydrogen) atoms. The number of fused-ring (bicyclic) bond motifs is 1. The van der Waals surface area contributed by atoms with Gasteiger partial charge in [-0.2, -0.15) is 0 Å². The van der Waals surface area contributed by atoms with Gasteiger partial charge in [0.2, 0.25) is 11.8 Å². The van der Waals surface area contributed by atoms with Gasteiger partial charge >= 0.3 is 5.97 Å². The van der Waals surface area contributed by atoms with Crippen molar-refractivity contribution in [2.45, 2.75) is 26.2 Å². The highest BCUT2D eigenvalue weighted by molar-refractivity contribution is 6.22. The third kappa shape index (κ3) is 2.33. The van der Waals surface area contributed by atoms with Crippen LogP contribution in [-0.4, -0.2) is 22.9 Å². The van der Waals surface area contributed by atoms with Gasteiger partial charge < -0.3 is 5.11 Å². The number of carbonyl (C=O) groups is 3. The molecule has 1 saturated heterocycles. The van der Waals surface area contributed by atoms with Crippen LogP contribution in [-0.2, 0) is 20.8 Å². The summed E-state index contributed by atoms with van der Waals surface area (Å²) in [7, 11) is 0. The standard InChI is InChI=1S/C16H17NO4/c1-9-6-12-13(7-9)16(21)17(15(12)20)11-4-2-10(3-5-11)8-14(18)19/h2-5,9,12-13H,6-8H2,1H3,(H,18,19). The van der Waals surface area contributed by atoms with Crippen LogP contribution in [0, 0.1) is 17.8 Å². The molecule has 1 N–H and O–H groups in total. The van der Waals surface area contributed by atoms with Gasteiger partial charge in [-0.3, -0.25) is 19.3 Å². The molecule has 0 aromatic heterocycles. The molecule has 0 bridgehead atoms. The smallest absolute Gasteiger partial charge is 0.307 e. The normalized spacial score (nSPS) is 28.0. The second kappa shape index (κ2) is 4.98. The molecular weight excluding hydrogens is 270 g/mol. The Balaban J connectivity index is 1.83. The lowest BCUT2D eigenvalue weighted by Gasteiger charge is -2.17. The van der Waals surface area contributed by atoms with Gasteiger partial charge in [0.15, 0.2) is 0 Å². The first-order chi connectivity index (χ1) is 9.97. The van der Waals surface area contributed by atoms with E-state index in [0.717, 1.165) is 12.8 Å². The lowest BCUT2D eigenvalue weighted by atomic mass is 10.00. The van der Waals surface area contributed by atoms with Crippen LogP contribution in [0.25, 0.3) is 0 Å². The number of nitrogens with zero attached hydrogens (tertiary/aromatic N) is 1. The molecule has 2 fully saturated rings. The van der Waals surface area contributed by atoms with Crippen LogP contribution in [0.15, 0.2) is 24.3 Å². The maximum absolute atomic E-state index is 12.4. The molecule has 2 amide bonds. The molecule has 0 spiro atoms. The molecule has 1 saturated carbocycles. The summed E-state index contributed by atoms with van der Waals surface area (Å²) in [6.07, 6.45) is 1.50. The van der Waals surface area contributed by atoms with E-state index < -0.39 is 5.97 Å². The quantitative estimate of drug-likeness (QED) is 0.861. The van der Waals surface area contributed by atoms with E-state index in [1.807, 2.05) is 0 Å². The van der Waals surface area contributed by atoms with Crippen molar-refractivity contribution in [2.75, 3.05) is 4.90 Å². The average Bonchev–Trinajstić information content (AvgIpc) is 2.90.